The van der Waals surface area contributed by atoms with Crippen LogP contribution in [0.5, 0.6) is 0 Å². The topological polar surface area (TPSA) is 38.3 Å². The molecule has 3 heteroatoms. The molecule has 0 radical (unpaired) electrons. The van der Waals surface area contributed by atoms with Gasteiger partial charge in [-0.1, -0.05) is 19.3 Å². The monoisotopic (exact) mass is 199 g/mol. The van der Waals surface area contributed by atoms with Crippen molar-refractivity contribution < 1.29 is 9.53 Å². The van der Waals surface area contributed by atoms with Gasteiger partial charge in [-0.25, -0.2) is 0 Å². The van der Waals surface area contributed by atoms with Crippen LogP contribution in [0.4, 0.5) is 0 Å². The van der Waals surface area contributed by atoms with E-state index in [0.29, 0.717) is 13.0 Å². The molecule has 0 unspecified atom stereocenters. The Morgan fingerprint density at radius 1 is 0.929 bits per heavy atom. The maximum absolute atomic E-state index is 11.1. The van der Waals surface area contributed by atoms with Gasteiger partial charge in [-0.3, -0.25) is 4.79 Å². The molecular formula is C11H21NO2. The quantitative estimate of drug-likeness (QED) is 0.605. The van der Waals surface area contributed by atoms with Crippen LogP contribution in [-0.4, -0.2) is 25.7 Å². The highest BCUT2D eigenvalue weighted by atomic mass is 16.5. The van der Waals surface area contributed by atoms with E-state index in [4.69, 9.17) is 4.74 Å². The molecule has 82 valence electrons. The zero-order valence-electron chi connectivity index (χ0n) is 8.89. The lowest BCUT2D eigenvalue weighted by Crippen LogP contribution is -2.18. The Morgan fingerprint density at radius 2 is 1.64 bits per heavy atom. The highest BCUT2D eigenvalue weighted by molar-refractivity contribution is 5.69. The lowest BCUT2D eigenvalue weighted by atomic mass is 10.1. The Bertz CT molecular complexity index is 143. The molecule has 0 spiro atoms. The van der Waals surface area contributed by atoms with E-state index in [1.807, 2.05) is 0 Å². The van der Waals surface area contributed by atoms with Gasteiger partial charge in [0.05, 0.1) is 6.61 Å². The zero-order chi connectivity index (χ0) is 10.1. The van der Waals surface area contributed by atoms with Gasteiger partial charge in [0.1, 0.15) is 0 Å². The van der Waals surface area contributed by atoms with Gasteiger partial charge < -0.3 is 10.1 Å². The van der Waals surface area contributed by atoms with Crippen LogP contribution in [0.25, 0.3) is 0 Å². The van der Waals surface area contributed by atoms with E-state index in [1.54, 1.807) is 0 Å². The number of carbonyl (C=O) groups excluding carboxylic acids is 1. The van der Waals surface area contributed by atoms with E-state index in [9.17, 15) is 4.79 Å². The van der Waals surface area contributed by atoms with Crippen molar-refractivity contribution in [2.75, 3.05) is 19.7 Å². The van der Waals surface area contributed by atoms with E-state index in [1.165, 1.54) is 19.3 Å². The number of carbonyl (C=O) groups is 1. The third kappa shape index (κ3) is 5.97. The van der Waals surface area contributed by atoms with Crippen molar-refractivity contribution in [3.05, 3.63) is 0 Å². The predicted octanol–water partition coefficient (Wildman–Crippen LogP) is 1.86. The van der Waals surface area contributed by atoms with Gasteiger partial charge in [-0.15, -0.1) is 0 Å². The van der Waals surface area contributed by atoms with Crippen LogP contribution in [-0.2, 0) is 9.53 Å². The van der Waals surface area contributed by atoms with Gasteiger partial charge in [-0.2, -0.15) is 0 Å². The number of hydrogen-bond acceptors (Lipinski definition) is 3. The van der Waals surface area contributed by atoms with Gasteiger partial charge in [-0.05, 0) is 32.4 Å². The minimum Gasteiger partial charge on any atom is -0.466 e. The highest BCUT2D eigenvalue weighted by Crippen LogP contribution is 2.06. The summed E-state index contributed by atoms with van der Waals surface area (Å²) < 4.78 is 5.08. The SMILES string of the molecule is O=C1CCCCCCCNCCCO1. The van der Waals surface area contributed by atoms with Crippen LogP contribution in [0.3, 0.4) is 0 Å². The molecule has 0 saturated carbocycles. The maximum Gasteiger partial charge on any atom is 0.305 e. The molecule has 0 aliphatic carbocycles. The zero-order valence-corrected chi connectivity index (χ0v) is 8.89. The second-order valence-electron chi connectivity index (χ2n) is 3.84. The number of nitrogens with one attached hydrogen (secondary N) is 1. The fourth-order valence-electron chi connectivity index (χ4n) is 1.63. The summed E-state index contributed by atoms with van der Waals surface area (Å²) in [4.78, 5) is 11.1. The largest absolute Gasteiger partial charge is 0.466 e. The van der Waals surface area contributed by atoms with Crippen LogP contribution >= 0.6 is 0 Å². The standard InChI is InChI=1S/C11H21NO2/c13-11-7-4-2-1-3-5-8-12-9-6-10-14-11/h12H,1-10H2. The average Bonchev–Trinajstić information content (AvgIpc) is 2.20. The molecule has 0 bridgehead atoms. The van der Waals surface area contributed by atoms with Gasteiger partial charge in [0.25, 0.3) is 0 Å². The third-order valence-corrected chi connectivity index (χ3v) is 2.50. The first kappa shape index (κ1) is 11.5. The Hall–Kier alpha value is -0.570. The first-order chi connectivity index (χ1) is 6.89. The van der Waals surface area contributed by atoms with Crippen LogP contribution < -0.4 is 5.32 Å². The van der Waals surface area contributed by atoms with Crippen LogP contribution in [0.1, 0.15) is 44.9 Å². The Morgan fingerprint density at radius 3 is 2.57 bits per heavy atom. The summed E-state index contributed by atoms with van der Waals surface area (Å²) in [5.74, 6) is -0.0238. The molecule has 1 heterocycles. The van der Waals surface area contributed by atoms with Gasteiger partial charge in [0.2, 0.25) is 0 Å². The first-order valence-corrected chi connectivity index (χ1v) is 5.76. The smallest absolute Gasteiger partial charge is 0.305 e. The normalized spacial score (nSPS) is 22.7. The molecular weight excluding hydrogens is 178 g/mol. The Balaban J connectivity index is 2.15. The van der Waals surface area contributed by atoms with Crippen molar-refractivity contribution in [1.82, 2.24) is 5.32 Å². The molecule has 1 saturated heterocycles. The van der Waals surface area contributed by atoms with E-state index >= 15 is 0 Å². The van der Waals surface area contributed by atoms with E-state index in [2.05, 4.69) is 5.32 Å². The summed E-state index contributed by atoms with van der Waals surface area (Å²) >= 11 is 0. The molecule has 0 atom stereocenters. The van der Waals surface area contributed by atoms with Crippen molar-refractivity contribution in [1.29, 1.82) is 0 Å². The molecule has 0 aromatic rings. The summed E-state index contributed by atoms with van der Waals surface area (Å²) in [6.45, 7) is 2.65. The molecule has 0 aromatic heterocycles. The van der Waals surface area contributed by atoms with Crippen LogP contribution in [0.2, 0.25) is 0 Å². The van der Waals surface area contributed by atoms with Crippen molar-refractivity contribution in [3.8, 4) is 0 Å². The number of rotatable bonds is 0. The summed E-state index contributed by atoms with van der Waals surface area (Å²) in [6, 6.07) is 0. The number of cyclic esters (lactones) is 1. The fourth-order valence-corrected chi connectivity index (χ4v) is 1.63. The first-order valence-electron chi connectivity index (χ1n) is 5.76. The molecule has 1 aliphatic rings. The summed E-state index contributed by atoms with van der Waals surface area (Å²) in [5, 5.41) is 3.35. The highest BCUT2D eigenvalue weighted by Gasteiger charge is 2.02. The van der Waals surface area contributed by atoms with E-state index in [-0.39, 0.29) is 5.97 Å². The third-order valence-electron chi connectivity index (χ3n) is 2.50. The lowest BCUT2D eigenvalue weighted by Gasteiger charge is -2.04. The molecule has 1 N–H and O–H groups in total. The average molecular weight is 199 g/mol. The molecule has 3 nitrogen and oxygen atoms in total. The van der Waals surface area contributed by atoms with Crippen LogP contribution in [0, 0.1) is 0 Å². The van der Waals surface area contributed by atoms with Crippen molar-refractivity contribution in [2.24, 2.45) is 0 Å². The second kappa shape index (κ2) is 7.80. The Labute approximate surface area is 86.2 Å². The number of hydrogen-bond donors (Lipinski definition) is 1. The minimum atomic E-state index is -0.0238. The molecule has 1 fully saturated rings. The fraction of sp³-hybridized carbons (Fsp3) is 0.909. The number of esters is 1. The summed E-state index contributed by atoms with van der Waals surface area (Å²) in [6.07, 6.45) is 7.48. The van der Waals surface area contributed by atoms with Crippen molar-refractivity contribution in [3.63, 3.8) is 0 Å². The van der Waals surface area contributed by atoms with Gasteiger partial charge in [0, 0.05) is 6.42 Å². The van der Waals surface area contributed by atoms with Crippen molar-refractivity contribution >= 4 is 5.97 Å². The Kier molecular flexibility index (Phi) is 6.41. The second-order valence-corrected chi connectivity index (χ2v) is 3.84. The molecule has 0 amide bonds. The summed E-state index contributed by atoms with van der Waals surface area (Å²) in [7, 11) is 0. The minimum absolute atomic E-state index is 0.0238. The lowest BCUT2D eigenvalue weighted by molar-refractivity contribution is -0.143. The molecule has 0 aromatic carbocycles. The number of ether oxygens (including phenoxy) is 1. The predicted molar refractivity (Wildman–Crippen MR) is 56.1 cm³/mol. The van der Waals surface area contributed by atoms with Crippen molar-refractivity contribution in [2.45, 2.75) is 44.9 Å². The van der Waals surface area contributed by atoms with E-state index in [0.717, 1.165) is 32.4 Å². The van der Waals surface area contributed by atoms with Gasteiger partial charge in [0.15, 0.2) is 0 Å². The molecule has 14 heavy (non-hydrogen) atoms. The summed E-state index contributed by atoms with van der Waals surface area (Å²) in [5.41, 5.74) is 0. The molecule has 1 rings (SSSR count). The maximum atomic E-state index is 11.1. The molecule has 1 aliphatic heterocycles. The van der Waals surface area contributed by atoms with Gasteiger partial charge >= 0.3 is 5.97 Å². The van der Waals surface area contributed by atoms with E-state index < -0.39 is 0 Å². The van der Waals surface area contributed by atoms with Crippen LogP contribution in [0.15, 0.2) is 0 Å².